The third kappa shape index (κ3) is 3.13. The van der Waals surface area contributed by atoms with Crippen molar-refractivity contribution >= 4 is 6.08 Å². The van der Waals surface area contributed by atoms with Crippen LogP contribution >= 0.6 is 0 Å². The van der Waals surface area contributed by atoms with Crippen molar-refractivity contribution in [2.75, 3.05) is 0 Å². The van der Waals surface area contributed by atoms with Gasteiger partial charge in [-0.3, -0.25) is 0 Å². The van der Waals surface area contributed by atoms with E-state index in [2.05, 4.69) is 84.0 Å². The first kappa shape index (κ1) is 16.1. The van der Waals surface area contributed by atoms with Gasteiger partial charge in [0.2, 0.25) is 0 Å². The second-order valence-corrected chi connectivity index (χ2v) is 8.26. The average molecular weight is 304 g/mol. The molecule has 0 fully saturated rings. The zero-order chi connectivity index (χ0) is 16.8. The quantitative estimate of drug-likeness (QED) is 0.589. The van der Waals surface area contributed by atoms with E-state index >= 15 is 0 Å². The Kier molecular flexibility index (Phi) is 3.96. The van der Waals surface area contributed by atoms with Crippen LogP contribution in [0, 0.1) is 12.8 Å². The lowest BCUT2D eigenvalue weighted by atomic mass is 9.85. The lowest BCUT2D eigenvalue weighted by Gasteiger charge is -2.19. The Morgan fingerprint density at radius 3 is 2.17 bits per heavy atom. The van der Waals surface area contributed by atoms with Crippen molar-refractivity contribution in [2.24, 2.45) is 5.92 Å². The molecule has 0 unspecified atom stereocenters. The van der Waals surface area contributed by atoms with Crippen molar-refractivity contribution in [1.29, 1.82) is 0 Å². The summed E-state index contributed by atoms with van der Waals surface area (Å²) in [5, 5.41) is 0. The number of benzene rings is 2. The predicted octanol–water partition coefficient (Wildman–Crippen LogP) is 6.56. The monoisotopic (exact) mass is 304 g/mol. The molecule has 0 spiro atoms. The van der Waals surface area contributed by atoms with Crippen LogP contribution in [0.4, 0.5) is 0 Å². The van der Waals surface area contributed by atoms with E-state index in [-0.39, 0.29) is 5.41 Å². The van der Waals surface area contributed by atoms with Gasteiger partial charge in [0.1, 0.15) is 0 Å². The number of aryl methyl sites for hydroxylation is 1. The second kappa shape index (κ2) is 5.67. The Balaban J connectivity index is 2.08. The van der Waals surface area contributed by atoms with Crippen LogP contribution in [-0.2, 0) is 11.8 Å². The third-order valence-corrected chi connectivity index (χ3v) is 4.94. The summed E-state index contributed by atoms with van der Waals surface area (Å²) >= 11 is 0. The Labute approximate surface area is 141 Å². The van der Waals surface area contributed by atoms with Crippen molar-refractivity contribution in [3.05, 3.63) is 64.2 Å². The molecule has 1 aliphatic rings. The highest BCUT2D eigenvalue weighted by Gasteiger charge is 2.20. The molecule has 0 heteroatoms. The van der Waals surface area contributed by atoms with Crippen molar-refractivity contribution in [3.8, 4) is 11.1 Å². The van der Waals surface area contributed by atoms with Crippen LogP contribution in [0.5, 0.6) is 0 Å². The predicted molar refractivity (Wildman–Crippen MR) is 102 cm³/mol. The zero-order valence-corrected chi connectivity index (χ0v) is 15.3. The van der Waals surface area contributed by atoms with Gasteiger partial charge in [-0.25, -0.2) is 0 Å². The molecule has 0 saturated heterocycles. The van der Waals surface area contributed by atoms with Gasteiger partial charge < -0.3 is 0 Å². The number of rotatable bonds is 2. The smallest absolute Gasteiger partial charge is 0.00549 e. The number of hydrogen-bond acceptors (Lipinski definition) is 0. The number of allylic oxidation sites excluding steroid dienone is 1. The first-order valence-electron chi connectivity index (χ1n) is 8.70. The van der Waals surface area contributed by atoms with Crippen molar-refractivity contribution in [1.82, 2.24) is 0 Å². The maximum Gasteiger partial charge on any atom is -0.00549 e. The van der Waals surface area contributed by atoms with Crippen LogP contribution in [-0.4, -0.2) is 0 Å². The SMILES string of the molecule is Cc1cc2c(c(-c3ccc(C(C)(C)C)cc3)c1)C=C(C(C)C)C2. The first-order valence-corrected chi connectivity index (χ1v) is 8.70. The van der Waals surface area contributed by atoms with Gasteiger partial charge in [-0.1, -0.05) is 88.2 Å². The molecule has 1 aliphatic carbocycles. The van der Waals surface area contributed by atoms with Crippen LogP contribution in [0.3, 0.4) is 0 Å². The molecule has 0 nitrogen and oxygen atoms in total. The summed E-state index contributed by atoms with van der Waals surface area (Å²) in [5.41, 5.74) is 10.2. The maximum absolute atomic E-state index is 2.42. The number of hydrogen-bond donors (Lipinski definition) is 0. The summed E-state index contributed by atoms with van der Waals surface area (Å²) in [6.07, 6.45) is 3.54. The van der Waals surface area contributed by atoms with E-state index in [1.165, 1.54) is 33.4 Å². The van der Waals surface area contributed by atoms with Gasteiger partial charge in [0, 0.05) is 0 Å². The molecule has 0 radical (unpaired) electrons. The van der Waals surface area contributed by atoms with Gasteiger partial charge in [-0.2, -0.15) is 0 Å². The van der Waals surface area contributed by atoms with Gasteiger partial charge in [0.15, 0.2) is 0 Å². The van der Waals surface area contributed by atoms with Gasteiger partial charge in [-0.15, -0.1) is 0 Å². The lowest BCUT2D eigenvalue weighted by Crippen LogP contribution is -2.10. The summed E-state index contributed by atoms with van der Waals surface area (Å²) in [7, 11) is 0. The van der Waals surface area contributed by atoms with Crippen LogP contribution in [0.2, 0.25) is 0 Å². The molecule has 3 rings (SSSR count). The Morgan fingerprint density at radius 1 is 0.957 bits per heavy atom. The van der Waals surface area contributed by atoms with Crippen LogP contribution in [0.25, 0.3) is 17.2 Å². The normalized spacial score (nSPS) is 14.1. The Morgan fingerprint density at radius 2 is 1.61 bits per heavy atom. The minimum Gasteiger partial charge on any atom is -0.0626 e. The summed E-state index contributed by atoms with van der Waals surface area (Å²) in [6.45, 7) is 13.6. The molecule has 0 heterocycles. The molecule has 23 heavy (non-hydrogen) atoms. The van der Waals surface area contributed by atoms with Crippen LogP contribution in [0.15, 0.2) is 42.0 Å². The molecule has 0 N–H and O–H groups in total. The standard InChI is InChI=1S/C23H28/c1-15(2)18-13-19-11-16(3)12-21(22(19)14-18)17-7-9-20(10-8-17)23(4,5)6/h7-12,14-15H,13H2,1-6H3. The Bertz CT molecular complexity index is 750. The zero-order valence-electron chi connectivity index (χ0n) is 15.3. The summed E-state index contributed by atoms with van der Waals surface area (Å²) < 4.78 is 0. The maximum atomic E-state index is 2.42. The summed E-state index contributed by atoms with van der Waals surface area (Å²) in [5.74, 6) is 0.624. The topological polar surface area (TPSA) is 0 Å². The molecule has 0 bridgehead atoms. The molecule has 0 aromatic heterocycles. The van der Waals surface area contributed by atoms with Gasteiger partial charge >= 0.3 is 0 Å². The molecule has 0 aliphatic heterocycles. The van der Waals surface area contributed by atoms with E-state index in [1.807, 2.05) is 0 Å². The molecular formula is C23H28. The van der Waals surface area contributed by atoms with Crippen molar-refractivity contribution in [2.45, 2.75) is 53.4 Å². The molecule has 0 atom stereocenters. The van der Waals surface area contributed by atoms with E-state index in [0.29, 0.717) is 5.92 Å². The second-order valence-electron chi connectivity index (χ2n) is 8.26. The van der Waals surface area contributed by atoms with Gasteiger partial charge in [0.25, 0.3) is 0 Å². The van der Waals surface area contributed by atoms with E-state index in [0.717, 1.165) is 6.42 Å². The van der Waals surface area contributed by atoms with Gasteiger partial charge in [0.05, 0.1) is 0 Å². The molecule has 2 aromatic carbocycles. The molecule has 120 valence electrons. The van der Waals surface area contributed by atoms with E-state index < -0.39 is 0 Å². The van der Waals surface area contributed by atoms with Crippen molar-refractivity contribution < 1.29 is 0 Å². The summed E-state index contributed by atoms with van der Waals surface area (Å²) in [6, 6.07) is 13.8. The molecular weight excluding hydrogens is 276 g/mol. The molecule has 2 aromatic rings. The minimum atomic E-state index is 0.206. The molecule has 0 saturated carbocycles. The van der Waals surface area contributed by atoms with Crippen molar-refractivity contribution in [3.63, 3.8) is 0 Å². The summed E-state index contributed by atoms with van der Waals surface area (Å²) in [4.78, 5) is 0. The number of fused-ring (bicyclic) bond motifs is 1. The largest absolute Gasteiger partial charge is 0.0626 e. The van der Waals surface area contributed by atoms with E-state index in [4.69, 9.17) is 0 Å². The highest BCUT2D eigenvalue weighted by Crippen LogP contribution is 2.37. The minimum absolute atomic E-state index is 0.206. The Hall–Kier alpha value is -1.82. The van der Waals surface area contributed by atoms with Crippen LogP contribution in [0.1, 0.15) is 56.9 Å². The fraction of sp³-hybridized carbons (Fsp3) is 0.391. The van der Waals surface area contributed by atoms with E-state index in [1.54, 1.807) is 5.57 Å². The third-order valence-electron chi connectivity index (χ3n) is 4.94. The lowest BCUT2D eigenvalue weighted by molar-refractivity contribution is 0.590. The van der Waals surface area contributed by atoms with E-state index in [9.17, 15) is 0 Å². The fourth-order valence-corrected chi connectivity index (χ4v) is 3.41. The molecule has 0 amide bonds. The fourth-order valence-electron chi connectivity index (χ4n) is 3.41. The van der Waals surface area contributed by atoms with Crippen LogP contribution < -0.4 is 0 Å². The highest BCUT2D eigenvalue weighted by molar-refractivity contribution is 5.81. The first-order chi connectivity index (χ1) is 10.8. The van der Waals surface area contributed by atoms with Gasteiger partial charge in [-0.05, 0) is 52.5 Å². The average Bonchev–Trinajstić information content (AvgIpc) is 2.89. The highest BCUT2D eigenvalue weighted by atomic mass is 14.2.